The molecule has 0 bridgehead atoms. The average Bonchev–Trinajstić information content (AvgIpc) is 3.08. The molecule has 1 aromatic heterocycles. The lowest BCUT2D eigenvalue weighted by Gasteiger charge is -2.12. The first-order valence-corrected chi connectivity index (χ1v) is 7.04. The number of amides is 1. The summed E-state index contributed by atoms with van der Waals surface area (Å²) in [6.07, 6.45) is 6.54. The van der Waals surface area contributed by atoms with E-state index in [0.717, 1.165) is 23.7 Å². The minimum atomic E-state index is 0.0683. The molecule has 1 saturated carbocycles. The standard InChI is InChI=1S/C16H17N3O/c17-10-12-5-6-15-13(9-12)7-8-19(15)11-16(20)18-14-3-1-2-4-14/h5-9,14H,1-4,11H2,(H,18,20). The Labute approximate surface area is 118 Å². The molecule has 0 aliphatic heterocycles. The molecule has 1 amide bonds. The quantitative estimate of drug-likeness (QED) is 0.929. The first kappa shape index (κ1) is 12.7. The molecule has 4 nitrogen and oxygen atoms in total. The molecule has 102 valence electrons. The number of nitriles is 1. The highest BCUT2D eigenvalue weighted by Crippen LogP contribution is 2.19. The number of carbonyl (C=O) groups is 1. The minimum absolute atomic E-state index is 0.0683. The molecule has 2 aromatic rings. The highest BCUT2D eigenvalue weighted by Gasteiger charge is 2.17. The molecule has 20 heavy (non-hydrogen) atoms. The molecule has 4 heteroatoms. The second kappa shape index (κ2) is 5.38. The van der Waals surface area contributed by atoms with Gasteiger partial charge in [-0.05, 0) is 37.1 Å². The van der Waals surface area contributed by atoms with E-state index in [1.165, 1.54) is 12.8 Å². The van der Waals surface area contributed by atoms with Gasteiger partial charge in [0.1, 0.15) is 6.54 Å². The Kier molecular flexibility index (Phi) is 3.42. The maximum absolute atomic E-state index is 12.0. The van der Waals surface area contributed by atoms with E-state index in [1.807, 2.05) is 29.0 Å². The molecule has 1 fully saturated rings. The first-order chi connectivity index (χ1) is 9.76. The zero-order chi connectivity index (χ0) is 13.9. The highest BCUT2D eigenvalue weighted by atomic mass is 16.2. The van der Waals surface area contributed by atoms with E-state index in [4.69, 9.17) is 5.26 Å². The molecular weight excluding hydrogens is 250 g/mol. The number of hydrogen-bond acceptors (Lipinski definition) is 2. The lowest BCUT2D eigenvalue weighted by atomic mass is 10.2. The number of hydrogen-bond donors (Lipinski definition) is 1. The van der Waals surface area contributed by atoms with Gasteiger partial charge in [-0.2, -0.15) is 5.26 Å². The molecule has 1 N–H and O–H groups in total. The summed E-state index contributed by atoms with van der Waals surface area (Å²) in [7, 11) is 0. The summed E-state index contributed by atoms with van der Waals surface area (Å²) in [6.45, 7) is 0.339. The third-order valence-electron chi connectivity index (χ3n) is 3.93. The van der Waals surface area contributed by atoms with Crippen molar-refractivity contribution in [3.05, 3.63) is 36.0 Å². The van der Waals surface area contributed by atoms with Crippen LogP contribution >= 0.6 is 0 Å². The van der Waals surface area contributed by atoms with E-state index in [1.54, 1.807) is 6.07 Å². The van der Waals surface area contributed by atoms with E-state index in [2.05, 4.69) is 11.4 Å². The average molecular weight is 267 g/mol. The van der Waals surface area contributed by atoms with Crippen molar-refractivity contribution in [2.75, 3.05) is 0 Å². The first-order valence-electron chi connectivity index (χ1n) is 7.04. The number of fused-ring (bicyclic) bond motifs is 1. The molecule has 0 radical (unpaired) electrons. The Morgan fingerprint density at radius 1 is 1.35 bits per heavy atom. The zero-order valence-electron chi connectivity index (χ0n) is 11.3. The Bertz CT molecular complexity index is 675. The van der Waals surface area contributed by atoms with Crippen molar-refractivity contribution < 1.29 is 4.79 Å². The van der Waals surface area contributed by atoms with Gasteiger partial charge < -0.3 is 9.88 Å². The molecule has 0 atom stereocenters. The van der Waals surface area contributed by atoms with Crippen LogP contribution in [-0.2, 0) is 11.3 Å². The van der Waals surface area contributed by atoms with Crippen molar-refractivity contribution in [3.8, 4) is 6.07 Å². The van der Waals surface area contributed by atoms with Crippen LogP contribution < -0.4 is 5.32 Å². The summed E-state index contributed by atoms with van der Waals surface area (Å²) in [6, 6.07) is 9.96. The van der Waals surface area contributed by atoms with Gasteiger partial charge in [-0.15, -0.1) is 0 Å². The molecule has 1 aromatic carbocycles. The number of nitrogens with one attached hydrogen (secondary N) is 1. The van der Waals surface area contributed by atoms with Crippen molar-refractivity contribution in [1.82, 2.24) is 9.88 Å². The van der Waals surface area contributed by atoms with Crippen molar-refractivity contribution in [3.63, 3.8) is 0 Å². The van der Waals surface area contributed by atoms with Crippen molar-refractivity contribution in [2.24, 2.45) is 0 Å². The topological polar surface area (TPSA) is 57.8 Å². The van der Waals surface area contributed by atoms with Gasteiger partial charge in [-0.3, -0.25) is 4.79 Å². The van der Waals surface area contributed by atoms with Crippen molar-refractivity contribution in [2.45, 2.75) is 38.3 Å². The maximum Gasteiger partial charge on any atom is 0.240 e. The third-order valence-corrected chi connectivity index (χ3v) is 3.93. The van der Waals surface area contributed by atoms with Crippen LogP contribution in [0, 0.1) is 11.3 Å². The monoisotopic (exact) mass is 267 g/mol. The van der Waals surface area contributed by atoms with Crippen LogP contribution in [0.25, 0.3) is 10.9 Å². The molecule has 0 spiro atoms. The van der Waals surface area contributed by atoms with Crippen LogP contribution in [0.1, 0.15) is 31.2 Å². The summed E-state index contributed by atoms with van der Waals surface area (Å²) >= 11 is 0. The minimum Gasteiger partial charge on any atom is -0.352 e. The van der Waals surface area contributed by atoms with Crippen molar-refractivity contribution in [1.29, 1.82) is 5.26 Å². The molecule has 0 saturated heterocycles. The zero-order valence-corrected chi connectivity index (χ0v) is 11.3. The van der Waals surface area contributed by atoms with Crippen LogP contribution in [0.15, 0.2) is 30.5 Å². The molecule has 3 rings (SSSR count). The lowest BCUT2D eigenvalue weighted by molar-refractivity contribution is -0.122. The fraction of sp³-hybridized carbons (Fsp3) is 0.375. The van der Waals surface area contributed by atoms with Gasteiger partial charge in [0.15, 0.2) is 0 Å². The summed E-state index contributed by atoms with van der Waals surface area (Å²) in [5.74, 6) is 0.0683. The van der Waals surface area contributed by atoms with Crippen LogP contribution in [0.5, 0.6) is 0 Å². The van der Waals surface area contributed by atoms with Gasteiger partial charge >= 0.3 is 0 Å². The predicted octanol–water partition coefficient (Wildman–Crippen LogP) is 2.57. The van der Waals surface area contributed by atoms with Crippen LogP contribution in [-0.4, -0.2) is 16.5 Å². The number of carbonyl (C=O) groups excluding carboxylic acids is 1. The second-order valence-electron chi connectivity index (χ2n) is 5.38. The van der Waals surface area contributed by atoms with Gasteiger partial charge in [0.05, 0.1) is 11.6 Å². The van der Waals surface area contributed by atoms with E-state index >= 15 is 0 Å². The smallest absolute Gasteiger partial charge is 0.240 e. The normalized spacial score (nSPS) is 15.3. The Hall–Kier alpha value is -2.28. The molecule has 1 heterocycles. The predicted molar refractivity (Wildman–Crippen MR) is 77.1 cm³/mol. The lowest BCUT2D eigenvalue weighted by Crippen LogP contribution is -2.35. The SMILES string of the molecule is N#Cc1ccc2c(ccn2CC(=O)NC2CCCC2)c1. The number of rotatable bonds is 3. The van der Waals surface area contributed by atoms with Crippen molar-refractivity contribution >= 4 is 16.8 Å². The number of benzene rings is 1. The number of aromatic nitrogens is 1. The summed E-state index contributed by atoms with van der Waals surface area (Å²) in [5.41, 5.74) is 1.64. The largest absolute Gasteiger partial charge is 0.352 e. The molecule has 1 aliphatic rings. The number of nitrogens with zero attached hydrogens (tertiary/aromatic N) is 2. The third kappa shape index (κ3) is 2.53. The summed E-state index contributed by atoms with van der Waals surface area (Å²) in [5, 5.41) is 13.0. The van der Waals surface area contributed by atoms with Crippen LogP contribution in [0.4, 0.5) is 0 Å². The molecule has 0 unspecified atom stereocenters. The van der Waals surface area contributed by atoms with E-state index in [9.17, 15) is 4.79 Å². The van der Waals surface area contributed by atoms with E-state index in [-0.39, 0.29) is 5.91 Å². The van der Waals surface area contributed by atoms with Gasteiger partial charge in [0.2, 0.25) is 5.91 Å². The molecule has 1 aliphatic carbocycles. The van der Waals surface area contributed by atoms with Gasteiger partial charge in [0.25, 0.3) is 0 Å². The Balaban J connectivity index is 1.74. The van der Waals surface area contributed by atoms with Crippen LogP contribution in [0.3, 0.4) is 0 Å². The fourth-order valence-corrected chi connectivity index (χ4v) is 2.91. The fourth-order valence-electron chi connectivity index (χ4n) is 2.91. The van der Waals surface area contributed by atoms with E-state index in [0.29, 0.717) is 18.2 Å². The Morgan fingerprint density at radius 2 is 2.15 bits per heavy atom. The summed E-state index contributed by atoms with van der Waals surface area (Å²) in [4.78, 5) is 12.0. The van der Waals surface area contributed by atoms with Gasteiger partial charge in [-0.1, -0.05) is 12.8 Å². The second-order valence-corrected chi connectivity index (χ2v) is 5.38. The van der Waals surface area contributed by atoms with Crippen LogP contribution in [0.2, 0.25) is 0 Å². The van der Waals surface area contributed by atoms with E-state index < -0.39 is 0 Å². The molecular formula is C16H17N3O. The van der Waals surface area contributed by atoms with Gasteiger partial charge in [-0.25, -0.2) is 0 Å². The summed E-state index contributed by atoms with van der Waals surface area (Å²) < 4.78 is 1.93. The maximum atomic E-state index is 12.0. The highest BCUT2D eigenvalue weighted by molar-refractivity contribution is 5.84. The Morgan fingerprint density at radius 3 is 2.90 bits per heavy atom. The van der Waals surface area contributed by atoms with Gasteiger partial charge in [0, 0.05) is 23.1 Å².